The Morgan fingerprint density at radius 3 is 2.31 bits per heavy atom. The van der Waals surface area contributed by atoms with Gasteiger partial charge in [-0.3, -0.25) is 9.69 Å². The van der Waals surface area contributed by atoms with Crippen LogP contribution in [0.25, 0.3) is 0 Å². The summed E-state index contributed by atoms with van der Waals surface area (Å²) in [5.41, 5.74) is 4.57. The van der Waals surface area contributed by atoms with Gasteiger partial charge in [-0.15, -0.1) is 0 Å². The van der Waals surface area contributed by atoms with E-state index in [0.29, 0.717) is 31.3 Å². The van der Waals surface area contributed by atoms with Gasteiger partial charge in [-0.05, 0) is 35.7 Å². The molecule has 0 spiro atoms. The van der Waals surface area contributed by atoms with Crippen LogP contribution in [0.2, 0.25) is 5.02 Å². The van der Waals surface area contributed by atoms with Gasteiger partial charge in [0.2, 0.25) is 5.91 Å². The molecule has 1 saturated heterocycles. The highest BCUT2D eigenvalue weighted by atomic mass is 35.5. The van der Waals surface area contributed by atoms with Crippen LogP contribution in [0.3, 0.4) is 0 Å². The van der Waals surface area contributed by atoms with Gasteiger partial charge in [-0.25, -0.2) is 0 Å². The van der Waals surface area contributed by atoms with E-state index in [0.717, 1.165) is 36.3 Å². The van der Waals surface area contributed by atoms with E-state index in [1.165, 1.54) is 5.56 Å². The summed E-state index contributed by atoms with van der Waals surface area (Å²) in [4.78, 5) is 16.9. The topological polar surface area (TPSA) is 42.0 Å². The summed E-state index contributed by atoms with van der Waals surface area (Å²) in [6, 6.07) is 26.2. The fourth-order valence-electron chi connectivity index (χ4n) is 4.27. The first-order valence-corrected chi connectivity index (χ1v) is 12.5. The number of rotatable bonds is 10. The number of piperazine rings is 1. The van der Waals surface area contributed by atoms with Gasteiger partial charge >= 0.3 is 0 Å². The van der Waals surface area contributed by atoms with E-state index in [9.17, 15) is 4.79 Å². The van der Waals surface area contributed by atoms with Gasteiger partial charge in [0, 0.05) is 37.7 Å². The second-order valence-electron chi connectivity index (χ2n) is 9.00. The Kier molecular flexibility index (Phi) is 9.32. The van der Waals surface area contributed by atoms with Gasteiger partial charge in [0.25, 0.3) is 0 Å². The van der Waals surface area contributed by atoms with Gasteiger partial charge in [0.15, 0.2) is 0 Å². The summed E-state index contributed by atoms with van der Waals surface area (Å²) in [5.74, 6) is 0.0468. The van der Waals surface area contributed by atoms with Gasteiger partial charge in [0.05, 0.1) is 19.3 Å². The number of amides is 1. The van der Waals surface area contributed by atoms with E-state index in [2.05, 4.69) is 36.1 Å². The van der Waals surface area contributed by atoms with Crippen molar-refractivity contribution >= 4 is 17.5 Å². The Labute approximate surface area is 213 Å². The van der Waals surface area contributed by atoms with E-state index in [1.807, 2.05) is 59.5 Å². The molecule has 1 fully saturated rings. The molecule has 1 aliphatic heterocycles. The molecule has 3 aromatic carbocycles. The van der Waals surface area contributed by atoms with E-state index in [-0.39, 0.29) is 18.6 Å². The highest BCUT2D eigenvalue weighted by molar-refractivity contribution is 6.30. The van der Waals surface area contributed by atoms with E-state index in [4.69, 9.17) is 21.1 Å². The number of nitrogens with zero attached hydrogens (tertiary/aromatic N) is 2. The van der Waals surface area contributed by atoms with Crippen LogP contribution in [0.4, 0.5) is 0 Å². The summed E-state index contributed by atoms with van der Waals surface area (Å²) in [7, 11) is 0. The minimum atomic E-state index is -0.0794. The first-order chi connectivity index (χ1) is 17.1. The molecular formula is C29H33ClN2O3. The largest absolute Gasteiger partial charge is 0.368 e. The highest BCUT2D eigenvalue weighted by Crippen LogP contribution is 2.23. The van der Waals surface area contributed by atoms with Crippen LogP contribution in [0.1, 0.15) is 28.4 Å². The molecule has 1 heterocycles. The molecule has 0 aliphatic carbocycles. The molecule has 1 amide bonds. The fraction of sp³-hybridized carbons (Fsp3) is 0.345. The molecule has 6 heteroatoms. The maximum Gasteiger partial charge on any atom is 0.248 e. The molecule has 1 atom stereocenters. The summed E-state index contributed by atoms with van der Waals surface area (Å²) in [6.07, 6.45) is -0.0794. The average Bonchev–Trinajstić information content (AvgIpc) is 2.88. The van der Waals surface area contributed by atoms with Gasteiger partial charge < -0.3 is 14.4 Å². The molecule has 1 unspecified atom stereocenters. The molecule has 4 rings (SSSR count). The van der Waals surface area contributed by atoms with Gasteiger partial charge in [0.1, 0.15) is 6.61 Å². The van der Waals surface area contributed by atoms with Crippen molar-refractivity contribution < 1.29 is 14.3 Å². The number of hydrogen-bond donors (Lipinski definition) is 0. The van der Waals surface area contributed by atoms with Crippen LogP contribution in [0.15, 0.2) is 78.9 Å². The fourth-order valence-corrected chi connectivity index (χ4v) is 4.39. The SMILES string of the molecule is Cc1cccc(COC(CN2CCN(C(=O)COCc3ccccc3)CC2)c2ccc(Cl)cc2)c1. The van der Waals surface area contributed by atoms with Crippen LogP contribution < -0.4 is 0 Å². The molecule has 0 radical (unpaired) electrons. The zero-order valence-electron chi connectivity index (χ0n) is 20.2. The molecule has 3 aromatic rings. The molecule has 0 N–H and O–H groups in total. The number of carbonyl (C=O) groups excluding carboxylic acids is 1. The van der Waals surface area contributed by atoms with Crippen molar-refractivity contribution in [3.63, 3.8) is 0 Å². The first-order valence-electron chi connectivity index (χ1n) is 12.1. The monoisotopic (exact) mass is 492 g/mol. The highest BCUT2D eigenvalue weighted by Gasteiger charge is 2.24. The van der Waals surface area contributed by atoms with Gasteiger partial charge in [-0.1, -0.05) is 83.9 Å². The van der Waals surface area contributed by atoms with Crippen LogP contribution in [-0.4, -0.2) is 55.0 Å². The predicted molar refractivity (Wildman–Crippen MR) is 139 cm³/mol. The Morgan fingerprint density at radius 1 is 0.886 bits per heavy atom. The zero-order chi connectivity index (χ0) is 24.5. The van der Waals surface area contributed by atoms with Crippen molar-refractivity contribution in [2.75, 3.05) is 39.3 Å². The predicted octanol–water partition coefficient (Wildman–Crippen LogP) is 5.27. The molecule has 5 nitrogen and oxygen atoms in total. The van der Waals surface area contributed by atoms with Crippen molar-refractivity contribution in [3.05, 3.63) is 106 Å². The summed E-state index contributed by atoms with van der Waals surface area (Å²) >= 11 is 6.12. The quantitative estimate of drug-likeness (QED) is 0.387. The third-order valence-corrected chi connectivity index (χ3v) is 6.51. The second kappa shape index (κ2) is 12.8. The number of halogens is 1. The number of carbonyl (C=O) groups is 1. The molecule has 35 heavy (non-hydrogen) atoms. The van der Waals surface area contributed by atoms with Crippen molar-refractivity contribution in [2.45, 2.75) is 26.2 Å². The lowest BCUT2D eigenvalue weighted by molar-refractivity contribution is -0.138. The lowest BCUT2D eigenvalue weighted by atomic mass is 10.1. The van der Waals surface area contributed by atoms with Crippen LogP contribution in [-0.2, 0) is 27.5 Å². The van der Waals surface area contributed by atoms with Crippen LogP contribution in [0.5, 0.6) is 0 Å². The summed E-state index contributed by atoms with van der Waals surface area (Å²) in [6.45, 7) is 6.97. The van der Waals surface area contributed by atoms with Crippen LogP contribution in [0, 0.1) is 6.92 Å². The normalized spacial score (nSPS) is 15.2. The summed E-state index contributed by atoms with van der Waals surface area (Å²) in [5, 5.41) is 0.716. The second-order valence-corrected chi connectivity index (χ2v) is 9.44. The van der Waals surface area contributed by atoms with E-state index < -0.39 is 0 Å². The number of benzene rings is 3. The molecule has 184 valence electrons. The average molecular weight is 493 g/mol. The Bertz CT molecular complexity index is 1070. The molecule has 0 aromatic heterocycles. The number of aryl methyl sites for hydroxylation is 1. The van der Waals surface area contributed by atoms with E-state index >= 15 is 0 Å². The van der Waals surface area contributed by atoms with Crippen molar-refractivity contribution in [2.24, 2.45) is 0 Å². The third kappa shape index (κ3) is 7.91. The lowest BCUT2D eigenvalue weighted by Crippen LogP contribution is -2.50. The Balaban J connectivity index is 1.28. The van der Waals surface area contributed by atoms with E-state index in [1.54, 1.807) is 0 Å². The Morgan fingerprint density at radius 2 is 1.60 bits per heavy atom. The summed E-state index contributed by atoms with van der Waals surface area (Å²) < 4.78 is 12.0. The zero-order valence-corrected chi connectivity index (χ0v) is 21.0. The third-order valence-electron chi connectivity index (χ3n) is 6.26. The smallest absolute Gasteiger partial charge is 0.248 e. The maximum atomic E-state index is 12.6. The molecular weight excluding hydrogens is 460 g/mol. The van der Waals surface area contributed by atoms with Gasteiger partial charge in [-0.2, -0.15) is 0 Å². The van der Waals surface area contributed by atoms with Crippen molar-refractivity contribution in [1.29, 1.82) is 0 Å². The minimum absolute atomic E-state index is 0.0468. The minimum Gasteiger partial charge on any atom is -0.368 e. The maximum absolute atomic E-state index is 12.6. The van der Waals surface area contributed by atoms with Crippen molar-refractivity contribution in [1.82, 2.24) is 9.80 Å². The molecule has 0 bridgehead atoms. The number of ether oxygens (including phenoxy) is 2. The lowest BCUT2D eigenvalue weighted by Gasteiger charge is -2.36. The Hall–Kier alpha value is -2.70. The first kappa shape index (κ1) is 25.4. The standard InChI is InChI=1S/C29H33ClN2O3/c1-23-6-5-9-25(18-23)21-35-28(26-10-12-27(30)13-11-26)19-31-14-16-32(17-15-31)29(33)22-34-20-24-7-3-2-4-8-24/h2-13,18,28H,14-17,19-22H2,1H3. The molecule has 0 saturated carbocycles. The van der Waals surface area contributed by atoms with Crippen LogP contribution >= 0.6 is 11.6 Å². The molecule has 1 aliphatic rings. The number of hydrogen-bond acceptors (Lipinski definition) is 4. The van der Waals surface area contributed by atoms with Crippen molar-refractivity contribution in [3.8, 4) is 0 Å².